The second-order valence-electron chi connectivity index (χ2n) is 4.09. The van der Waals surface area contributed by atoms with Crippen molar-refractivity contribution in [1.82, 2.24) is 10.2 Å². The van der Waals surface area contributed by atoms with Crippen molar-refractivity contribution in [3.05, 3.63) is 60.3 Å². The highest BCUT2D eigenvalue weighted by molar-refractivity contribution is 5.84. The van der Waals surface area contributed by atoms with Crippen molar-refractivity contribution in [2.24, 2.45) is 0 Å². The fourth-order valence-corrected chi connectivity index (χ4v) is 1.92. The van der Waals surface area contributed by atoms with E-state index in [9.17, 15) is 5.11 Å². The molecular weight excluding hydrogens is 240 g/mol. The molecule has 0 bridgehead atoms. The lowest BCUT2D eigenvalue weighted by molar-refractivity contribution is 0.276. The van der Waals surface area contributed by atoms with Gasteiger partial charge in [-0.3, -0.25) is 0 Å². The van der Waals surface area contributed by atoms with Crippen LogP contribution in [0.15, 0.2) is 54.7 Å². The van der Waals surface area contributed by atoms with E-state index in [1.807, 2.05) is 48.5 Å². The topological polar surface area (TPSA) is 55.2 Å². The minimum absolute atomic E-state index is 0.0629. The molecule has 0 amide bonds. The van der Waals surface area contributed by atoms with E-state index in [0.717, 1.165) is 16.5 Å². The summed E-state index contributed by atoms with van der Waals surface area (Å²) in [5.74, 6) is 1.26. The molecule has 3 rings (SSSR count). The zero-order chi connectivity index (χ0) is 13.1. The van der Waals surface area contributed by atoms with Gasteiger partial charge in [0.2, 0.25) is 0 Å². The van der Waals surface area contributed by atoms with Crippen LogP contribution >= 0.6 is 0 Å². The molecular formula is C15H12N2O2. The second kappa shape index (κ2) is 5.04. The number of ether oxygens (including phenoxy) is 1. The number of benzene rings is 2. The maximum atomic E-state index is 9.30. The average Bonchev–Trinajstić information content (AvgIpc) is 2.48. The highest BCUT2D eigenvalue weighted by atomic mass is 16.5. The summed E-state index contributed by atoms with van der Waals surface area (Å²) < 4.78 is 5.85. The van der Waals surface area contributed by atoms with Crippen LogP contribution in [0.2, 0.25) is 0 Å². The van der Waals surface area contributed by atoms with Crippen molar-refractivity contribution in [2.45, 2.75) is 6.61 Å². The normalized spacial score (nSPS) is 10.6. The molecule has 4 nitrogen and oxygen atoms in total. The maximum Gasteiger partial charge on any atom is 0.157 e. The average molecular weight is 252 g/mol. The van der Waals surface area contributed by atoms with Crippen LogP contribution in [0.3, 0.4) is 0 Å². The molecule has 0 aliphatic carbocycles. The van der Waals surface area contributed by atoms with Crippen LogP contribution in [-0.2, 0) is 6.61 Å². The number of aliphatic hydroxyl groups excluding tert-OH is 1. The van der Waals surface area contributed by atoms with Gasteiger partial charge in [0.1, 0.15) is 5.75 Å². The van der Waals surface area contributed by atoms with Crippen LogP contribution in [0.4, 0.5) is 0 Å². The van der Waals surface area contributed by atoms with Gasteiger partial charge in [-0.1, -0.05) is 30.3 Å². The van der Waals surface area contributed by atoms with Gasteiger partial charge in [0.15, 0.2) is 5.75 Å². The summed E-state index contributed by atoms with van der Waals surface area (Å²) in [4.78, 5) is 0. The van der Waals surface area contributed by atoms with E-state index in [0.29, 0.717) is 11.5 Å². The monoisotopic (exact) mass is 252 g/mol. The maximum absolute atomic E-state index is 9.30. The molecule has 3 aromatic rings. The van der Waals surface area contributed by atoms with Crippen molar-refractivity contribution in [3.8, 4) is 11.5 Å². The van der Waals surface area contributed by atoms with Crippen LogP contribution in [-0.4, -0.2) is 15.3 Å². The lowest BCUT2D eigenvalue weighted by atomic mass is 10.2. The van der Waals surface area contributed by atoms with Crippen LogP contribution in [0.5, 0.6) is 11.5 Å². The van der Waals surface area contributed by atoms with Crippen LogP contribution in [0.25, 0.3) is 10.9 Å². The van der Waals surface area contributed by atoms with Gasteiger partial charge in [-0.2, -0.15) is 10.2 Å². The first kappa shape index (κ1) is 11.6. The van der Waals surface area contributed by atoms with E-state index < -0.39 is 0 Å². The fourth-order valence-electron chi connectivity index (χ4n) is 1.92. The summed E-state index contributed by atoms with van der Waals surface area (Å²) in [6, 6.07) is 15.0. The second-order valence-corrected chi connectivity index (χ2v) is 4.09. The number of nitrogens with zero attached hydrogens (tertiary/aromatic N) is 2. The molecule has 0 aliphatic heterocycles. The minimum atomic E-state index is -0.0629. The number of aliphatic hydroxyl groups is 1. The SMILES string of the molecule is OCc1ccccc1Oc1cnnc2ccccc12. The largest absolute Gasteiger partial charge is 0.455 e. The third kappa shape index (κ3) is 2.26. The van der Waals surface area contributed by atoms with E-state index in [4.69, 9.17) is 4.74 Å². The zero-order valence-electron chi connectivity index (χ0n) is 10.2. The molecule has 2 aromatic carbocycles. The quantitative estimate of drug-likeness (QED) is 0.778. The Kier molecular flexibility index (Phi) is 3.08. The third-order valence-corrected chi connectivity index (χ3v) is 2.87. The van der Waals surface area contributed by atoms with Crippen LogP contribution < -0.4 is 4.74 Å². The molecule has 1 heterocycles. The molecule has 4 heteroatoms. The molecule has 19 heavy (non-hydrogen) atoms. The van der Waals surface area contributed by atoms with Gasteiger partial charge >= 0.3 is 0 Å². The molecule has 94 valence electrons. The standard InChI is InChI=1S/C15H12N2O2/c18-10-11-5-1-4-8-14(11)19-15-9-16-17-13-7-3-2-6-12(13)15/h1-9,18H,10H2. The molecule has 0 spiro atoms. The Balaban J connectivity index is 2.06. The van der Waals surface area contributed by atoms with Crippen molar-refractivity contribution in [1.29, 1.82) is 0 Å². The Labute approximate surface area is 110 Å². The Morgan fingerprint density at radius 3 is 2.63 bits per heavy atom. The predicted molar refractivity (Wildman–Crippen MR) is 72.0 cm³/mol. The molecule has 0 unspecified atom stereocenters. The Morgan fingerprint density at radius 2 is 1.74 bits per heavy atom. The van der Waals surface area contributed by atoms with Gasteiger partial charge in [0, 0.05) is 10.9 Å². The van der Waals surface area contributed by atoms with E-state index >= 15 is 0 Å². The fraction of sp³-hybridized carbons (Fsp3) is 0.0667. The highest BCUT2D eigenvalue weighted by Crippen LogP contribution is 2.29. The zero-order valence-corrected chi connectivity index (χ0v) is 10.2. The van der Waals surface area contributed by atoms with E-state index in [-0.39, 0.29) is 6.61 Å². The van der Waals surface area contributed by atoms with Crippen molar-refractivity contribution >= 4 is 10.9 Å². The Hall–Kier alpha value is -2.46. The highest BCUT2D eigenvalue weighted by Gasteiger charge is 2.07. The first-order valence-electron chi connectivity index (χ1n) is 5.95. The van der Waals surface area contributed by atoms with Gasteiger partial charge in [-0.25, -0.2) is 0 Å². The summed E-state index contributed by atoms with van der Waals surface area (Å²) in [6.45, 7) is -0.0629. The van der Waals surface area contributed by atoms with Gasteiger partial charge in [-0.05, 0) is 18.2 Å². The summed E-state index contributed by atoms with van der Waals surface area (Å²) in [5, 5.41) is 18.2. The summed E-state index contributed by atoms with van der Waals surface area (Å²) in [6.07, 6.45) is 1.58. The number of para-hydroxylation sites is 1. The molecule has 1 N–H and O–H groups in total. The molecule has 0 atom stereocenters. The third-order valence-electron chi connectivity index (χ3n) is 2.87. The Morgan fingerprint density at radius 1 is 0.947 bits per heavy atom. The van der Waals surface area contributed by atoms with E-state index in [2.05, 4.69) is 10.2 Å². The molecule has 0 saturated heterocycles. The first-order chi connectivity index (χ1) is 9.38. The van der Waals surface area contributed by atoms with Gasteiger partial charge in [0.25, 0.3) is 0 Å². The van der Waals surface area contributed by atoms with Crippen LogP contribution in [0, 0.1) is 0 Å². The first-order valence-corrected chi connectivity index (χ1v) is 5.95. The lowest BCUT2D eigenvalue weighted by Crippen LogP contribution is -1.93. The van der Waals surface area contributed by atoms with E-state index in [1.165, 1.54) is 0 Å². The van der Waals surface area contributed by atoms with E-state index in [1.54, 1.807) is 6.20 Å². The molecule has 0 saturated carbocycles. The number of rotatable bonds is 3. The molecule has 0 fully saturated rings. The molecule has 1 aromatic heterocycles. The summed E-state index contributed by atoms with van der Waals surface area (Å²) >= 11 is 0. The summed E-state index contributed by atoms with van der Waals surface area (Å²) in [5.41, 5.74) is 1.52. The molecule has 0 aliphatic rings. The Bertz CT molecular complexity index is 708. The molecule has 0 radical (unpaired) electrons. The predicted octanol–water partition coefficient (Wildman–Crippen LogP) is 2.91. The van der Waals surface area contributed by atoms with Crippen LogP contribution in [0.1, 0.15) is 5.56 Å². The van der Waals surface area contributed by atoms with Gasteiger partial charge < -0.3 is 9.84 Å². The lowest BCUT2D eigenvalue weighted by Gasteiger charge is -2.10. The number of hydrogen-bond acceptors (Lipinski definition) is 4. The van der Waals surface area contributed by atoms with Crippen molar-refractivity contribution in [3.63, 3.8) is 0 Å². The smallest absolute Gasteiger partial charge is 0.157 e. The van der Waals surface area contributed by atoms with Gasteiger partial charge in [0.05, 0.1) is 18.3 Å². The van der Waals surface area contributed by atoms with Gasteiger partial charge in [-0.15, -0.1) is 0 Å². The summed E-state index contributed by atoms with van der Waals surface area (Å²) in [7, 11) is 0. The minimum Gasteiger partial charge on any atom is -0.455 e. The number of hydrogen-bond donors (Lipinski definition) is 1. The van der Waals surface area contributed by atoms with Crippen molar-refractivity contribution < 1.29 is 9.84 Å². The van der Waals surface area contributed by atoms with Crippen molar-refractivity contribution in [2.75, 3.05) is 0 Å². The number of fused-ring (bicyclic) bond motifs is 1. The number of aromatic nitrogens is 2.